The van der Waals surface area contributed by atoms with E-state index in [0.717, 1.165) is 32.7 Å². The summed E-state index contributed by atoms with van der Waals surface area (Å²) in [6.45, 7) is 4.97. The number of morpholine rings is 2. The molecule has 2 unspecified atom stereocenters. The molecule has 3 nitrogen and oxygen atoms in total. The van der Waals surface area contributed by atoms with E-state index in [4.69, 9.17) is 4.74 Å². The van der Waals surface area contributed by atoms with E-state index < -0.39 is 0 Å². The summed E-state index contributed by atoms with van der Waals surface area (Å²) >= 11 is 0. The van der Waals surface area contributed by atoms with E-state index in [1.165, 1.54) is 5.56 Å². The Bertz CT molecular complexity index is 329. The lowest BCUT2D eigenvalue weighted by atomic mass is 10.1. The lowest BCUT2D eigenvalue weighted by Gasteiger charge is -2.41. The monoisotopic (exact) mass is 216 g/mol. The molecule has 2 fully saturated rings. The minimum atomic E-state index is 0.361. The van der Waals surface area contributed by atoms with Crippen molar-refractivity contribution in [3.63, 3.8) is 0 Å². The summed E-state index contributed by atoms with van der Waals surface area (Å²) in [7, 11) is 0. The predicted octanol–water partition coefficient (Wildman–Crippen LogP) is 0.460. The van der Waals surface area contributed by atoms with Gasteiger partial charge in [-0.25, -0.2) is 0 Å². The number of hydrogen-bond donors (Lipinski definition) is 1. The van der Waals surface area contributed by atoms with Crippen LogP contribution in [-0.4, -0.2) is 43.3 Å². The summed E-state index contributed by atoms with van der Waals surface area (Å²) in [5.74, 6) is 0. The van der Waals surface area contributed by atoms with E-state index in [0.29, 0.717) is 12.2 Å². The molecule has 0 saturated carbocycles. The van der Waals surface area contributed by atoms with Crippen LogP contribution in [0.2, 0.25) is 0 Å². The highest BCUT2D eigenvalue weighted by Gasteiger charge is 2.30. The maximum atomic E-state index is 5.87. The summed E-state index contributed by atoms with van der Waals surface area (Å²) < 4.78 is 5.87. The number of nitrogens with one attached hydrogen (secondary N) is 1. The van der Waals surface area contributed by atoms with Crippen LogP contribution in [0, 0.1) is 12.1 Å². The van der Waals surface area contributed by atoms with Crippen molar-refractivity contribution in [1.82, 2.24) is 10.2 Å². The van der Waals surface area contributed by atoms with Gasteiger partial charge in [0.2, 0.25) is 0 Å². The second kappa shape index (κ2) is 4.42. The molecule has 2 saturated heterocycles. The highest BCUT2D eigenvalue weighted by atomic mass is 16.5. The minimum Gasteiger partial charge on any atom is -0.370 e. The van der Waals surface area contributed by atoms with Gasteiger partial charge >= 0.3 is 0 Å². The van der Waals surface area contributed by atoms with Crippen LogP contribution in [0.4, 0.5) is 0 Å². The lowest BCUT2D eigenvalue weighted by Crippen LogP contribution is -2.57. The van der Waals surface area contributed by atoms with Gasteiger partial charge in [0.25, 0.3) is 0 Å². The fourth-order valence-corrected chi connectivity index (χ4v) is 2.49. The third-order valence-electron chi connectivity index (χ3n) is 3.16. The number of ether oxygens (including phenoxy) is 1. The van der Waals surface area contributed by atoms with Gasteiger partial charge in [-0.3, -0.25) is 4.90 Å². The molecule has 1 aromatic rings. The molecule has 3 heteroatoms. The molecule has 0 radical (unpaired) electrons. The van der Waals surface area contributed by atoms with Crippen LogP contribution < -0.4 is 5.32 Å². The van der Waals surface area contributed by atoms with Gasteiger partial charge in [0.1, 0.15) is 0 Å². The van der Waals surface area contributed by atoms with Crippen molar-refractivity contribution in [2.75, 3.05) is 26.2 Å². The summed E-state index contributed by atoms with van der Waals surface area (Å²) in [5, 5.41) is 3.41. The Morgan fingerprint density at radius 2 is 2.19 bits per heavy atom. The van der Waals surface area contributed by atoms with Crippen LogP contribution in [0.25, 0.3) is 0 Å². The van der Waals surface area contributed by atoms with Gasteiger partial charge in [-0.1, -0.05) is 18.2 Å². The number of rotatable bonds is 2. The average Bonchev–Trinajstić information content (AvgIpc) is 2.30. The highest BCUT2D eigenvalue weighted by molar-refractivity contribution is 5.08. The molecule has 0 aromatic heterocycles. The molecular weight excluding hydrogens is 200 g/mol. The third-order valence-corrected chi connectivity index (χ3v) is 3.16. The Kier molecular flexibility index (Phi) is 2.79. The van der Waals surface area contributed by atoms with Crippen molar-refractivity contribution in [2.45, 2.75) is 18.8 Å². The van der Waals surface area contributed by atoms with Gasteiger partial charge < -0.3 is 10.1 Å². The van der Waals surface area contributed by atoms with E-state index in [9.17, 15) is 0 Å². The molecule has 1 aromatic carbocycles. The maximum absolute atomic E-state index is 5.87. The van der Waals surface area contributed by atoms with E-state index in [-0.39, 0.29) is 0 Å². The molecule has 2 heterocycles. The minimum absolute atomic E-state index is 0.361. The third kappa shape index (κ3) is 2.19. The number of nitrogens with zero attached hydrogens (tertiary/aromatic N) is 1. The van der Waals surface area contributed by atoms with Crippen molar-refractivity contribution < 1.29 is 4.74 Å². The fourth-order valence-electron chi connectivity index (χ4n) is 2.49. The first-order valence-corrected chi connectivity index (χ1v) is 5.86. The molecular formula is C13H16N2O. The Morgan fingerprint density at radius 3 is 2.88 bits per heavy atom. The second-order valence-corrected chi connectivity index (χ2v) is 4.55. The molecule has 2 atom stereocenters. The highest BCUT2D eigenvalue weighted by Crippen LogP contribution is 2.15. The van der Waals surface area contributed by atoms with E-state index >= 15 is 0 Å². The zero-order valence-electron chi connectivity index (χ0n) is 9.28. The molecule has 0 amide bonds. The van der Waals surface area contributed by atoms with Gasteiger partial charge in [-0.05, 0) is 12.1 Å². The molecule has 2 aliphatic heterocycles. The topological polar surface area (TPSA) is 24.5 Å². The molecule has 0 spiro atoms. The predicted molar refractivity (Wildman–Crippen MR) is 60.9 cm³/mol. The Labute approximate surface area is 96.4 Å². The van der Waals surface area contributed by atoms with Crippen LogP contribution >= 0.6 is 0 Å². The average molecular weight is 216 g/mol. The largest absolute Gasteiger partial charge is 0.370 e. The van der Waals surface area contributed by atoms with E-state index in [1.807, 2.05) is 12.1 Å². The van der Waals surface area contributed by atoms with Crippen LogP contribution in [0.1, 0.15) is 5.56 Å². The van der Waals surface area contributed by atoms with Crippen molar-refractivity contribution in [2.24, 2.45) is 0 Å². The second-order valence-electron chi connectivity index (χ2n) is 4.55. The first-order chi connectivity index (χ1) is 7.90. The summed E-state index contributed by atoms with van der Waals surface area (Å²) in [6, 6.07) is 12.2. The summed E-state index contributed by atoms with van der Waals surface area (Å²) in [5.41, 5.74) is 1.22. The van der Waals surface area contributed by atoms with Crippen molar-refractivity contribution >= 4 is 0 Å². The van der Waals surface area contributed by atoms with Crippen LogP contribution in [0.5, 0.6) is 0 Å². The molecule has 1 N–H and O–H groups in total. The molecule has 2 aliphatic rings. The normalized spacial score (nSPS) is 29.8. The van der Waals surface area contributed by atoms with Gasteiger partial charge in [0.15, 0.2) is 0 Å². The number of hydrogen-bond acceptors (Lipinski definition) is 3. The van der Waals surface area contributed by atoms with Crippen molar-refractivity contribution in [3.05, 3.63) is 35.9 Å². The SMILES string of the molecule is c1cccc(CN2CC3CNCC(C2)O3)c#1. The van der Waals surface area contributed by atoms with Gasteiger partial charge in [0.05, 0.1) is 12.2 Å². The van der Waals surface area contributed by atoms with E-state index in [1.54, 1.807) is 0 Å². The first kappa shape index (κ1) is 10.1. The zero-order valence-corrected chi connectivity index (χ0v) is 9.28. The molecule has 84 valence electrons. The lowest BCUT2D eigenvalue weighted by molar-refractivity contribution is -0.105. The maximum Gasteiger partial charge on any atom is 0.0831 e. The van der Waals surface area contributed by atoms with Crippen LogP contribution in [0.15, 0.2) is 18.2 Å². The smallest absolute Gasteiger partial charge is 0.0831 e. The van der Waals surface area contributed by atoms with Crippen molar-refractivity contribution in [3.8, 4) is 0 Å². The Morgan fingerprint density at radius 1 is 1.38 bits per heavy atom. The summed E-state index contributed by atoms with van der Waals surface area (Å²) in [4.78, 5) is 2.46. The molecule has 16 heavy (non-hydrogen) atoms. The standard InChI is InChI=1S/C13H16N2O/c1-2-4-11(5-3-1)8-15-9-12-6-14-7-13(10-15)16-12/h1-2,4,12-14H,6-10H2. The number of fused-ring (bicyclic) bond motifs is 2. The quantitative estimate of drug-likeness (QED) is 0.777. The molecule has 2 bridgehead atoms. The first-order valence-electron chi connectivity index (χ1n) is 5.86. The van der Waals surface area contributed by atoms with Gasteiger partial charge in [0, 0.05) is 38.3 Å². The van der Waals surface area contributed by atoms with Crippen LogP contribution in [0.3, 0.4) is 0 Å². The molecule has 0 aliphatic carbocycles. The molecule has 3 rings (SSSR count). The van der Waals surface area contributed by atoms with Gasteiger partial charge in [-0.15, -0.1) is 0 Å². The fraction of sp³-hybridized carbons (Fsp3) is 0.538. The van der Waals surface area contributed by atoms with E-state index in [2.05, 4.69) is 28.4 Å². The zero-order chi connectivity index (χ0) is 10.8. The van der Waals surface area contributed by atoms with Crippen LogP contribution in [-0.2, 0) is 11.3 Å². The summed E-state index contributed by atoms with van der Waals surface area (Å²) in [6.07, 6.45) is 0.723. The van der Waals surface area contributed by atoms with Crippen molar-refractivity contribution in [1.29, 1.82) is 0 Å². The Balaban J connectivity index is 1.63. The van der Waals surface area contributed by atoms with Gasteiger partial charge in [-0.2, -0.15) is 0 Å². The Hall–Kier alpha value is -1.08.